The van der Waals surface area contributed by atoms with Crippen molar-refractivity contribution >= 4 is 5.91 Å². The minimum absolute atomic E-state index is 0.471. The zero-order valence-corrected chi connectivity index (χ0v) is 17.3. The molecule has 3 unspecified atom stereocenters. The van der Waals surface area contributed by atoms with Gasteiger partial charge in [0.2, 0.25) is 0 Å². The molecule has 1 fully saturated rings. The Morgan fingerprint density at radius 2 is 1.83 bits per heavy atom. The van der Waals surface area contributed by atoms with Crippen LogP contribution in [0.5, 0.6) is 0 Å². The van der Waals surface area contributed by atoms with Crippen LogP contribution in [0.3, 0.4) is 0 Å². The van der Waals surface area contributed by atoms with E-state index in [0.29, 0.717) is 12.0 Å². The molecule has 3 nitrogen and oxygen atoms in total. The van der Waals surface area contributed by atoms with E-state index in [1.807, 2.05) is 44.3 Å². The highest BCUT2D eigenvalue weighted by Crippen LogP contribution is 2.40. The summed E-state index contributed by atoms with van der Waals surface area (Å²) in [6, 6.07) is 11.5. The summed E-state index contributed by atoms with van der Waals surface area (Å²) in [7, 11) is 1.97. The third-order valence-corrected chi connectivity index (χ3v) is 6.18. The number of carbonyl (C=O) groups is 1. The number of hydrogen-bond donors (Lipinski definition) is 1. The Morgan fingerprint density at radius 3 is 2.43 bits per heavy atom. The summed E-state index contributed by atoms with van der Waals surface area (Å²) >= 11 is 0. The van der Waals surface area contributed by atoms with Crippen molar-refractivity contribution in [2.24, 2.45) is 5.92 Å². The standard InChI is InChI=1S/C23H26F4N2O/c1-15-12-13-22(2,29(3)14-15)20(16-8-5-4-6-9-16)28-21(30)17-10-7-11-18(19(17)24)23(25,26)27/h4-11,15,20H,12-14H2,1-3H3,(H,28,30). The van der Waals surface area contributed by atoms with Crippen LogP contribution in [0.2, 0.25) is 0 Å². The zero-order chi connectivity index (χ0) is 22.1. The molecule has 0 saturated carbocycles. The van der Waals surface area contributed by atoms with Crippen LogP contribution >= 0.6 is 0 Å². The second-order valence-corrected chi connectivity index (χ2v) is 8.36. The van der Waals surface area contributed by atoms with E-state index in [-0.39, 0.29) is 0 Å². The van der Waals surface area contributed by atoms with Gasteiger partial charge in [0.25, 0.3) is 5.91 Å². The van der Waals surface area contributed by atoms with Gasteiger partial charge in [0.1, 0.15) is 5.82 Å². The van der Waals surface area contributed by atoms with Gasteiger partial charge in [-0.25, -0.2) is 4.39 Å². The quantitative estimate of drug-likeness (QED) is 0.666. The molecule has 1 aliphatic rings. The van der Waals surface area contributed by atoms with E-state index < -0.39 is 40.6 Å². The molecule has 0 aromatic heterocycles. The van der Waals surface area contributed by atoms with Gasteiger partial charge in [-0.2, -0.15) is 13.2 Å². The average molecular weight is 422 g/mol. The number of likely N-dealkylation sites (tertiary alicyclic amines) is 1. The summed E-state index contributed by atoms with van der Waals surface area (Å²) < 4.78 is 53.8. The fraction of sp³-hybridized carbons (Fsp3) is 0.435. The number of alkyl halides is 3. The molecular weight excluding hydrogens is 396 g/mol. The number of amides is 1. The van der Waals surface area contributed by atoms with Crippen molar-refractivity contribution in [2.75, 3.05) is 13.6 Å². The number of halogens is 4. The Labute approximate surface area is 174 Å². The van der Waals surface area contributed by atoms with Crippen molar-refractivity contribution in [3.05, 3.63) is 71.0 Å². The van der Waals surface area contributed by atoms with Crippen LogP contribution in [0.15, 0.2) is 48.5 Å². The molecule has 1 aliphatic heterocycles. The molecule has 3 rings (SSSR count). The van der Waals surface area contributed by atoms with Gasteiger partial charge in [0, 0.05) is 12.1 Å². The number of nitrogens with zero attached hydrogens (tertiary/aromatic N) is 1. The van der Waals surface area contributed by atoms with E-state index in [2.05, 4.69) is 17.1 Å². The van der Waals surface area contributed by atoms with E-state index in [0.717, 1.165) is 37.1 Å². The summed E-state index contributed by atoms with van der Waals surface area (Å²) in [6.07, 6.45) is -3.13. The largest absolute Gasteiger partial charge is 0.419 e. The van der Waals surface area contributed by atoms with Crippen LogP contribution in [0.25, 0.3) is 0 Å². The molecule has 2 aromatic carbocycles. The SMILES string of the molecule is CC1CCC(C)(C(NC(=O)c2cccc(C(F)(F)F)c2F)c2ccccc2)N(C)C1. The number of piperidine rings is 1. The molecule has 30 heavy (non-hydrogen) atoms. The second kappa shape index (κ2) is 8.38. The Balaban J connectivity index is 1.98. The summed E-state index contributed by atoms with van der Waals surface area (Å²) in [4.78, 5) is 15.1. The lowest BCUT2D eigenvalue weighted by Gasteiger charge is -2.50. The van der Waals surface area contributed by atoms with Crippen molar-refractivity contribution in [1.29, 1.82) is 0 Å². The monoisotopic (exact) mass is 422 g/mol. The lowest BCUT2D eigenvalue weighted by atomic mass is 9.76. The van der Waals surface area contributed by atoms with Crippen LogP contribution in [0.1, 0.15) is 54.2 Å². The number of carbonyl (C=O) groups excluding carboxylic acids is 1. The smallest absolute Gasteiger partial charge is 0.343 e. The average Bonchev–Trinajstić information content (AvgIpc) is 2.69. The number of likely N-dealkylation sites (N-methyl/N-ethyl adjacent to an activating group) is 1. The molecule has 1 N–H and O–H groups in total. The zero-order valence-electron chi connectivity index (χ0n) is 17.3. The minimum atomic E-state index is -4.87. The Hall–Kier alpha value is -2.41. The van der Waals surface area contributed by atoms with Crippen molar-refractivity contribution in [2.45, 2.75) is 44.4 Å². The first-order chi connectivity index (χ1) is 14.0. The van der Waals surface area contributed by atoms with Gasteiger partial charge >= 0.3 is 6.18 Å². The highest BCUT2D eigenvalue weighted by molar-refractivity contribution is 5.95. The number of hydrogen-bond acceptors (Lipinski definition) is 2. The second-order valence-electron chi connectivity index (χ2n) is 8.36. The van der Waals surface area contributed by atoms with E-state index >= 15 is 0 Å². The van der Waals surface area contributed by atoms with Crippen LogP contribution in [0, 0.1) is 11.7 Å². The van der Waals surface area contributed by atoms with E-state index in [1.54, 1.807) is 0 Å². The maximum atomic E-state index is 14.5. The molecule has 2 aromatic rings. The van der Waals surface area contributed by atoms with Crippen molar-refractivity contribution in [3.8, 4) is 0 Å². The predicted molar refractivity (Wildman–Crippen MR) is 107 cm³/mol. The summed E-state index contributed by atoms with van der Waals surface area (Å²) in [5.74, 6) is -1.91. The lowest BCUT2D eigenvalue weighted by Crippen LogP contribution is -2.57. The van der Waals surface area contributed by atoms with Gasteiger partial charge < -0.3 is 5.32 Å². The summed E-state index contributed by atoms with van der Waals surface area (Å²) in [6.45, 7) is 5.01. The Kier molecular flexibility index (Phi) is 6.22. The topological polar surface area (TPSA) is 32.3 Å². The summed E-state index contributed by atoms with van der Waals surface area (Å²) in [5.41, 5.74) is -1.70. The highest BCUT2D eigenvalue weighted by atomic mass is 19.4. The Bertz CT molecular complexity index is 900. The predicted octanol–water partition coefficient (Wildman–Crippen LogP) is 5.44. The van der Waals surface area contributed by atoms with E-state index in [1.165, 1.54) is 0 Å². The number of nitrogens with one attached hydrogen (secondary N) is 1. The third kappa shape index (κ3) is 4.36. The fourth-order valence-electron chi connectivity index (χ4n) is 4.24. The molecule has 1 amide bonds. The highest BCUT2D eigenvalue weighted by Gasteiger charge is 2.43. The third-order valence-electron chi connectivity index (χ3n) is 6.18. The maximum Gasteiger partial charge on any atom is 0.419 e. The van der Waals surface area contributed by atoms with Crippen molar-refractivity contribution in [1.82, 2.24) is 10.2 Å². The van der Waals surface area contributed by atoms with Gasteiger partial charge in [-0.1, -0.05) is 43.3 Å². The van der Waals surface area contributed by atoms with E-state index in [9.17, 15) is 22.4 Å². The molecule has 162 valence electrons. The normalized spacial score (nSPS) is 23.8. The van der Waals surface area contributed by atoms with E-state index in [4.69, 9.17) is 0 Å². The number of rotatable bonds is 4. The van der Waals surface area contributed by atoms with Crippen LogP contribution in [-0.4, -0.2) is 29.9 Å². The van der Waals surface area contributed by atoms with Crippen LogP contribution < -0.4 is 5.32 Å². The molecular formula is C23H26F4N2O. The molecule has 0 bridgehead atoms. The molecule has 1 saturated heterocycles. The summed E-state index contributed by atoms with van der Waals surface area (Å²) in [5, 5.41) is 2.84. The first kappa shape index (κ1) is 22.3. The fourth-order valence-corrected chi connectivity index (χ4v) is 4.24. The molecule has 3 atom stereocenters. The molecule has 7 heteroatoms. The Morgan fingerprint density at radius 1 is 1.17 bits per heavy atom. The number of benzene rings is 2. The van der Waals surface area contributed by atoms with Crippen molar-refractivity contribution in [3.63, 3.8) is 0 Å². The van der Waals surface area contributed by atoms with Gasteiger partial charge in [-0.3, -0.25) is 9.69 Å². The molecule has 0 aliphatic carbocycles. The van der Waals surface area contributed by atoms with Gasteiger partial charge in [-0.05, 0) is 50.4 Å². The maximum absolute atomic E-state index is 14.5. The molecule has 1 heterocycles. The first-order valence-corrected chi connectivity index (χ1v) is 9.97. The first-order valence-electron chi connectivity index (χ1n) is 9.97. The van der Waals surface area contributed by atoms with Crippen LogP contribution in [0.4, 0.5) is 17.6 Å². The lowest BCUT2D eigenvalue weighted by molar-refractivity contribution is -0.140. The molecule has 0 radical (unpaired) electrons. The van der Waals surface area contributed by atoms with Gasteiger partial charge in [0.05, 0.1) is 17.2 Å². The minimum Gasteiger partial charge on any atom is -0.343 e. The van der Waals surface area contributed by atoms with Crippen molar-refractivity contribution < 1.29 is 22.4 Å². The van der Waals surface area contributed by atoms with Gasteiger partial charge in [0.15, 0.2) is 0 Å². The molecule has 0 spiro atoms. The van der Waals surface area contributed by atoms with Gasteiger partial charge in [-0.15, -0.1) is 0 Å². The van der Waals surface area contributed by atoms with Crippen LogP contribution in [-0.2, 0) is 6.18 Å².